The first-order valence-corrected chi connectivity index (χ1v) is 3.13. The van der Waals surface area contributed by atoms with Crippen molar-refractivity contribution in [3.05, 3.63) is 18.1 Å². The predicted molar refractivity (Wildman–Crippen MR) is 34.6 cm³/mol. The highest BCUT2D eigenvalue weighted by atomic mass is 19.3. The number of nitrogens with zero attached hydrogens (tertiary/aromatic N) is 2. The van der Waals surface area contributed by atoms with E-state index in [2.05, 4.69) is 9.97 Å². The number of rotatable bonds is 0. The maximum absolute atomic E-state index is 12.8. The lowest BCUT2D eigenvalue weighted by Gasteiger charge is -2.02. The second-order valence-corrected chi connectivity index (χ2v) is 2.28. The lowest BCUT2D eigenvalue weighted by Crippen LogP contribution is -2.24. The van der Waals surface area contributed by atoms with E-state index in [9.17, 15) is 13.6 Å². The van der Waals surface area contributed by atoms with E-state index in [1.165, 1.54) is 6.20 Å². The van der Waals surface area contributed by atoms with E-state index in [0.717, 1.165) is 6.20 Å². The highest BCUT2D eigenvalue weighted by molar-refractivity contribution is 6.01. The molecule has 1 aromatic rings. The van der Waals surface area contributed by atoms with Crippen LogP contribution in [0.3, 0.4) is 0 Å². The van der Waals surface area contributed by atoms with Crippen molar-refractivity contribution in [3.63, 3.8) is 0 Å². The third-order valence-electron chi connectivity index (χ3n) is 1.51. The topological polar surface area (TPSA) is 54.9 Å². The molecule has 12 heavy (non-hydrogen) atoms. The third-order valence-corrected chi connectivity index (χ3v) is 1.51. The predicted octanol–water partition coefficient (Wildman–Crippen LogP) is 0.520. The standard InChI is InChI=1S/C6H3F2N3O/c7-6(8)3-4(11-5(6)12)10-2-1-9-3/h1-2H,(H,10,11,12). The van der Waals surface area contributed by atoms with Gasteiger partial charge in [-0.2, -0.15) is 8.78 Å². The number of carbonyl (C=O) groups excluding carboxylic acids is 1. The zero-order valence-corrected chi connectivity index (χ0v) is 5.71. The van der Waals surface area contributed by atoms with Gasteiger partial charge in [-0.25, -0.2) is 9.97 Å². The Morgan fingerprint density at radius 3 is 2.67 bits per heavy atom. The molecule has 1 aliphatic heterocycles. The quantitative estimate of drug-likeness (QED) is 0.619. The maximum atomic E-state index is 12.8. The molecule has 0 bridgehead atoms. The first-order chi connectivity index (χ1) is 5.62. The van der Waals surface area contributed by atoms with Crippen LogP contribution in [0.4, 0.5) is 14.6 Å². The molecule has 0 saturated heterocycles. The fourth-order valence-corrected chi connectivity index (χ4v) is 0.953. The number of aromatic nitrogens is 2. The van der Waals surface area contributed by atoms with Crippen molar-refractivity contribution in [2.45, 2.75) is 5.92 Å². The van der Waals surface area contributed by atoms with Crippen LogP contribution in [0.15, 0.2) is 12.4 Å². The summed E-state index contributed by atoms with van der Waals surface area (Å²) in [6, 6.07) is 0. The SMILES string of the molecule is O=C1Nc2nccnc2C1(F)F. The monoisotopic (exact) mass is 171 g/mol. The summed E-state index contributed by atoms with van der Waals surface area (Å²) in [5, 5.41) is 1.93. The Bertz CT molecular complexity index is 352. The summed E-state index contributed by atoms with van der Waals surface area (Å²) in [6.45, 7) is 0. The van der Waals surface area contributed by atoms with Crippen LogP contribution in [0.25, 0.3) is 0 Å². The molecule has 4 nitrogen and oxygen atoms in total. The fraction of sp³-hybridized carbons (Fsp3) is 0.167. The van der Waals surface area contributed by atoms with Gasteiger partial charge in [-0.1, -0.05) is 0 Å². The number of carbonyl (C=O) groups is 1. The van der Waals surface area contributed by atoms with Crippen molar-refractivity contribution in [2.75, 3.05) is 5.32 Å². The maximum Gasteiger partial charge on any atom is 0.370 e. The van der Waals surface area contributed by atoms with Crippen LogP contribution in [-0.4, -0.2) is 15.9 Å². The van der Waals surface area contributed by atoms with Crippen LogP contribution in [0.5, 0.6) is 0 Å². The molecule has 0 saturated carbocycles. The molecule has 1 amide bonds. The molecule has 62 valence electrons. The summed E-state index contributed by atoms with van der Waals surface area (Å²) in [4.78, 5) is 17.5. The van der Waals surface area contributed by atoms with E-state index in [-0.39, 0.29) is 5.82 Å². The van der Waals surface area contributed by atoms with Crippen molar-refractivity contribution in [2.24, 2.45) is 0 Å². The number of fused-ring (bicyclic) bond motifs is 1. The van der Waals surface area contributed by atoms with E-state index < -0.39 is 17.5 Å². The van der Waals surface area contributed by atoms with Crippen LogP contribution in [0.2, 0.25) is 0 Å². The fourth-order valence-electron chi connectivity index (χ4n) is 0.953. The molecule has 0 radical (unpaired) electrons. The minimum atomic E-state index is -3.54. The Morgan fingerprint density at radius 1 is 1.33 bits per heavy atom. The summed E-state index contributed by atoms with van der Waals surface area (Å²) in [5.41, 5.74) is -0.602. The van der Waals surface area contributed by atoms with Gasteiger partial charge in [0.15, 0.2) is 11.5 Å². The summed E-state index contributed by atoms with van der Waals surface area (Å²) in [5.74, 6) is -5.07. The highest BCUT2D eigenvalue weighted by Crippen LogP contribution is 2.36. The molecule has 0 spiro atoms. The molecule has 1 aliphatic rings. The molecule has 0 aromatic carbocycles. The van der Waals surface area contributed by atoms with Gasteiger partial charge in [-0.3, -0.25) is 4.79 Å². The van der Waals surface area contributed by atoms with E-state index in [1.54, 1.807) is 0 Å². The van der Waals surface area contributed by atoms with Crippen LogP contribution in [0.1, 0.15) is 5.69 Å². The highest BCUT2D eigenvalue weighted by Gasteiger charge is 2.50. The number of anilines is 1. The van der Waals surface area contributed by atoms with Crippen molar-refractivity contribution in [1.82, 2.24) is 9.97 Å². The van der Waals surface area contributed by atoms with Crippen molar-refractivity contribution >= 4 is 11.7 Å². The van der Waals surface area contributed by atoms with Crippen LogP contribution >= 0.6 is 0 Å². The Hall–Kier alpha value is -1.59. The number of alkyl halides is 2. The molecular weight excluding hydrogens is 168 g/mol. The summed E-state index contributed by atoms with van der Waals surface area (Å²) < 4.78 is 25.6. The smallest absolute Gasteiger partial charge is 0.303 e. The van der Waals surface area contributed by atoms with Crippen LogP contribution < -0.4 is 5.32 Å². The normalized spacial score (nSPS) is 18.7. The molecule has 2 rings (SSSR count). The molecular formula is C6H3F2N3O. The van der Waals surface area contributed by atoms with Crippen molar-refractivity contribution in [3.8, 4) is 0 Å². The summed E-state index contributed by atoms with van der Waals surface area (Å²) in [7, 11) is 0. The molecule has 0 atom stereocenters. The van der Waals surface area contributed by atoms with Gasteiger partial charge in [0.25, 0.3) is 0 Å². The minimum Gasteiger partial charge on any atom is -0.303 e. The van der Waals surface area contributed by atoms with E-state index in [1.807, 2.05) is 5.32 Å². The lowest BCUT2D eigenvalue weighted by atomic mass is 10.3. The van der Waals surface area contributed by atoms with Crippen molar-refractivity contribution in [1.29, 1.82) is 0 Å². The number of halogens is 2. The second kappa shape index (κ2) is 1.96. The Morgan fingerprint density at radius 2 is 2.00 bits per heavy atom. The zero-order valence-electron chi connectivity index (χ0n) is 5.71. The summed E-state index contributed by atoms with van der Waals surface area (Å²) >= 11 is 0. The summed E-state index contributed by atoms with van der Waals surface area (Å²) in [6.07, 6.45) is 2.35. The molecule has 1 N–H and O–H groups in total. The van der Waals surface area contributed by atoms with Gasteiger partial charge in [0, 0.05) is 12.4 Å². The lowest BCUT2D eigenvalue weighted by molar-refractivity contribution is -0.139. The third kappa shape index (κ3) is 0.715. The zero-order chi connectivity index (χ0) is 8.77. The second-order valence-electron chi connectivity index (χ2n) is 2.28. The molecule has 0 fully saturated rings. The van der Waals surface area contributed by atoms with Gasteiger partial charge < -0.3 is 5.32 Å². The van der Waals surface area contributed by atoms with Crippen LogP contribution in [0, 0.1) is 0 Å². The first-order valence-electron chi connectivity index (χ1n) is 3.13. The number of hydrogen-bond donors (Lipinski definition) is 1. The van der Waals surface area contributed by atoms with Gasteiger partial charge in [0.1, 0.15) is 0 Å². The van der Waals surface area contributed by atoms with Gasteiger partial charge in [-0.15, -0.1) is 0 Å². The van der Waals surface area contributed by atoms with E-state index >= 15 is 0 Å². The largest absolute Gasteiger partial charge is 0.370 e. The average molecular weight is 171 g/mol. The molecule has 6 heteroatoms. The average Bonchev–Trinajstić information content (AvgIpc) is 2.25. The van der Waals surface area contributed by atoms with Gasteiger partial charge >= 0.3 is 11.8 Å². The number of nitrogens with one attached hydrogen (secondary N) is 1. The van der Waals surface area contributed by atoms with Gasteiger partial charge in [0.2, 0.25) is 0 Å². The number of amides is 1. The first kappa shape index (κ1) is 7.08. The Labute approximate surface area is 65.6 Å². The van der Waals surface area contributed by atoms with E-state index in [0.29, 0.717) is 0 Å². The molecule has 1 aromatic heterocycles. The number of hydrogen-bond acceptors (Lipinski definition) is 3. The molecule has 0 unspecified atom stereocenters. The van der Waals surface area contributed by atoms with E-state index in [4.69, 9.17) is 0 Å². The van der Waals surface area contributed by atoms with Gasteiger partial charge in [0.05, 0.1) is 0 Å². The van der Waals surface area contributed by atoms with Crippen molar-refractivity contribution < 1.29 is 13.6 Å². The molecule has 0 aliphatic carbocycles. The molecule has 2 heterocycles. The Kier molecular flexibility index (Phi) is 1.16. The minimum absolute atomic E-state index is 0.160. The Balaban J connectivity index is 2.63. The van der Waals surface area contributed by atoms with Crippen LogP contribution in [-0.2, 0) is 10.7 Å². The van der Waals surface area contributed by atoms with Gasteiger partial charge in [-0.05, 0) is 0 Å².